The molecule has 1 N–H and O–H groups in total. The topological polar surface area (TPSA) is 24.9 Å². The van der Waals surface area contributed by atoms with Crippen LogP contribution in [-0.4, -0.2) is 18.1 Å². The average molecular weight is 236 g/mol. The molecule has 0 amide bonds. The maximum atomic E-state index is 4.70. The lowest BCUT2D eigenvalue weighted by Crippen LogP contribution is -2.22. The summed E-state index contributed by atoms with van der Waals surface area (Å²) in [6, 6.07) is 0. The molecule has 0 aromatic carbocycles. The summed E-state index contributed by atoms with van der Waals surface area (Å²) in [6.45, 7) is 8.86. The molecular formula is C13H20N2S. The van der Waals surface area contributed by atoms with Gasteiger partial charge in [0.2, 0.25) is 0 Å². The summed E-state index contributed by atoms with van der Waals surface area (Å²) in [5.41, 5.74) is 2.91. The highest BCUT2D eigenvalue weighted by Gasteiger charge is 2.17. The van der Waals surface area contributed by atoms with Crippen molar-refractivity contribution in [3.63, 3.8) is 0 Å². The quantitative estimate of drug-likeness (QED) is 0.810. The molecule has 16 heavy (non-hydrogen) atoms. The van der Waals surface area contributed by atoms with Crippen LogP contribution in [0, 0.1) is 0 Å². The molecule has 0 aliphatic carbocycles. The van der Waals surface area contributed by atoms with Gasteiger partial charge in [-0.05, 0) is 32.0 Å². The summed E-state index contributed by atoms with van der Waals surface area (Å²) < 4.78 is 0. The highest BCUT2D eigenvalue weighted by molar-refractivity contribution is 7.10. The van der Waals surface area contributed by atoms with E-state index in [-0.39, 0.29) is 5.41 Å². The van der Waals surface area contributed by atoms with Crippen molar-refractivity contribution in [3.05, 3.63) is 21.7 Å². The molecule has 88 valence electrons. The van der Waals surface area contributed by atoms with E-state index < -0.39 is 0 Å². The molecule has 2 rings (SSSR count). The highest BCUT2D eigenvalue weighted by atomic mass is 32.1. The summed E-state index contributed by atoms with van der Waals surface area (Å²) in [6.07, 6.45) is 4.62. The zero-order chi connectivity index (χ0) is 11.6. The number of rotatable bonds is 1. The van der Waals surface area contributed by atoms with Gasteiger partial charge in [0.15, 0.2) is 0 Å². The fraction of sp³-hybridized carbons (Fsp3) is 0.615. The summed E-state index contributed by atoms with van der Waals surface area (Å²) in [5, 5.41) is 6.73. The second-order valence-corrected chi connectivity index (χ2v) is 6.26. The maximum absolute atomic E-state index is 4.70. The predicted molar refractivity (Wildman–Crippen MR) is 70.9 cm³/mol. The number of piperidine rings is 1. The third-order valence-electron chi connectivity index (χ3n) is 2.86. The van der Waals surface area contributed by atoms with Crippen molar-refractivity contribution in [2.24, 2.45) is 0 Å². The third-order valence-corrected chi connectivity index (χ3v) is 3.66. The number of nitrogens with zero attached hydrogens (tertiary/aromatic N) is 1. The van der Waals surface area contributed by atoms with Crippen molar-refractivity contribution in [1.82, 2.24) is 10.3 Å². The van der Waals surface area contributed by atoms with E-state index in [0.717, 1.165) is 13.1 Å². The van der Waals surface area contributed by atoms with Crippen molar-refractivity contribution in [1.29, 1.82) is 0 Å². The Kier molecular flexibility index (Phi) is 3.45. The first-order valence-corrected chi connectivity index (χ1v) is 6.80. The fourth-order valence-electron chi connectivity index (χ4n) is 1.77. The maximum Gasteiger partial charge on any atom is 0.116 e. The molecule has 1 aliphatic rings. The van der Waals surface area contributed by atoms with Crippen LogP contribution >= 0.6 is 11.3 Å². The van der Waals surface area contributed by atoms with Gasteiger partial charge in [-0.3, -0.25) is 0 Å². The third kappa shape index (κ3) is 2.92. The van der Waals surface area contributed by atoms with Crippen LogP contribution in [0.1, 0.15) is 44.3 Å². The minimum Gasteiger partial charge on any atom is -0.316 e. The van der Waals surface area contributed by atoms with Gasteiger partial charge in [0.25, 0.3) is 0 Å². The fourth-order valence-corrected chi connectivity index (χ4v) is 2.79. The lowest BCUT2D eigenvalue weighted by Gasteiger charge is -2.15. The summed E-state index contributed by atoms with van der Waals surface area (Å²) in [7, 11) is 0. The van der Waals surface area contributed by atoms with Crippen LogP contribution < -0.4 is 5.32 Å². The Morgan fingerprint density at radius 2 is 2.00 bits per heavy atom. The summed E-state index contributed by atoms with van der Waals surface area (Å²) in [5.74, 6) is 0. The van der Waals surface area contributed by atoms with Crippen molar-refractivity contribution in [3.8, 4) is 0 Å². The van der Waals surface area contributed by atoms with Gasteiger partial charge in [-0.15, -0.1) is 11.3 Å². The second-order valence-electron chi connectivity index (χ2n) is 5.37. The molecule has 1 saturated heterocycles. The van der Waals surface area contributed by atoms with E-state index in [1.165, 1.54) is 29.1 Å². The van der Waals surface area contributed by atoms with Crippen LogP contribution in [0.25, 0.3) is 6.08 Å². The molecule has 0 bridgehead atoms. The Labute approximate surface area is 102 Å². The van der Waals surface area contributed by atoms with Gasteiger partial charge in [0.05, 0.1) is 5.69 Å². The molecule has 0 radical (unpaired) electrons. The molecule has 2 nitrogen and oxygen atoms in total. The van der Waals surface area contributed by atoms with E-state index in [0.29, 0.717) is 0 Å². The number of hydrogen-bond donors (Lipinski definition) is 1. The Morgan fingerprint density at radius 1 is 1.31 bits per heavy atom. The van der Waals surface area contributed by atoms with Crippen LogP contribution in [0.3, 0.4) is 0 Å². The largest absolute Gasteiger partial charge is 0.316 e. The van der Waals surface area contributed by atoms with Crippen molar-refractivity contribution in [2.75, 3.05) is 13.1 Å². The molecular weight excluding hydrogens is 216 g/mol. The first-order valence-electron chi connectivity index (χ1n) is 5.92. The molecule has 0 saturated carbocycles. The van der Waals surface area contributed by atoms with Crippen molar-refractivity contribution < 1.29 is 0 Å². The number of aromatic nitrogens is 1. The standard InChI is InChI=1S/C13H20N2S/c1-13(2,3)11-9-16-12(15-11)8-10-4-6-14-7-5-10/h8-9,14H,4-7H2,1-3H3. The number of thiazole rings is 1. The minimum atomic E-state index is 0.168. The first-order chi connectivity index (χ1) is 7.55. The lowest BCUT2D eigenvalue weighted by molar-refractivity contribution is 0.572. The van der Waals surface area contributed by atoms with Gasteiger partial charge in [0.1, 0.15) is 5.01 Å². The Morgan fingerprint density at radius 3 is 2.56 bits per heavy atom. The highest BCUT2D eigenvalue weighted by Crippen LogP contribution is 2.25. The van der Waals surface area contributed by atoms with E-state index in [2.05, 4.69) is 37.5 Å². The molecule has 1 aromatic heterocycles. The van der Waals surface area contributed by atoms with Crippen LogP contribution in [-0.2, 0) is 5.41 Å². The normalized spacial score (nSPS) is 17.6. The molecule has 1 aromatic rings. The van der Waals surface area contributed by atoms with Crippen molar-refractivity contribution in [2.45, 2.75) is 39.0 Å². The minimum absolute atomic E-state index is 0.168. The number of hydrogen-bond acceptors (Lipinski definition) is 3. The molecule has 3 heteroatoms. The van der Waals surface area contributed by atoms with Crippen molar-refractivity contribution >= 4 is 17.4 Å². The average Bonchev–Trinajstić information content (AvgIpc) is 2.67. The van der Waals surface area contributed by atoms with Gasteiger partial charge in [-0.2, -0.15) is 0 Å². The molecule has 0 atom stereocenters. The predicted octanol–water partition coefficient (Wildman–Crippen LogP) is 3.21. The molecule has 0 unspecified atom stereocenters. The van der Waals surface area contributed by atoms with Gasteiger partial charge in [-0.25, -0.2) is 4.98 Å². The van der Waals surface area contributed by atoms with Gasteiger partial charge in [-0.1, -0.05) is 26.3 Å². The van der Waals surface area contributed by atoms with Gasteiger partial charge in [0, 0.05) is 10.8 Å². The first kappa shape index (κ1) is 11.8. The van der Waals surface area contributed by atoms with Crippen LogP contribution in [0.5, 0.6) is 0 Å². The Bertz CT molecular complexity index is 377. The van der Waals surface area contributed by atoms with Gasteiger partial charge >= 0.3 is 0 Å². The molecule has 1 fully saturated rings. The molecule has 0 spiro atoms. The van der Waals surface area contributed by atoms with E-state index in [1.807, 2.05) is 0 Å². The van der Waals surface area contributed by atoms with E-state index >= 15 is 0 Å². The zero-order valence-corrected chi connectivity index (χ0v) is 11.2. The van der Waals surface area contributed by atoms with Crippen LogP contribution in [0.15, 0.2) is 11.0 Å². The number of nitrogens with one attached hydrogen (secondary N) is 1. The lowest BCUT2D eigenvalue weighted by atomic mass is 9.93. The Balaban J connectivity index is 2.13. The summed E-state index contributed by atoms with van der Waals surface area (Å²) in [4.78, 5) is 4.70. The smallest absolute Gasteiger partial charge is 0.116 e. The van der Waals surface area contributed by atoms with E-state index in [4.69, 9.17) is 4.98 Å². The van der Waals surface area contributed by atoms with Crippen LogP contribution in [0.2, 0.25) is 0 Å². The molecule has 2 heterocycles. The monoisotopic (exact) mass is 236 g/mol. The van der Waals surface area contributed by atoms with Crippen LogP contribution in [0.4, 0.5) is 0 Å². The van der Waals surface area contributed by atoms with E-state index in [9.17, 15) is 0 Å². The SMILES string of the molecule is CC(C)(C)c1csc(C=C2CCNCC2)n1. The summed E-state index contributed by atoms with van der Waals surface area (Å²) >= 11 is 1.76. The second kappa shape index (κ2) is 4.68. The zero-order valence-electron chi connectivity index (χ0n) is 10.3. The van der Waals surface area contributed by atoms with Gasteiger partial charge < -0.3 is 5.32 Å². The molecule has 1 aliphatic heterocycles. The van der Waals surface area contributed by atoms with E-state index in [1.54, 1.807) is 11.3 Å². The Hall–Kier alpha value is -0.670.